The highest BCUT2D eigenvalue weighted by Gasteiger charge is 2.46. The van der Waals surface area contributed by atoms with Gasteiger partial charge >= 0.3 is 10.1 Å². The van der Waals surface area contributed by atoms with E-state index in [9.17, 15) is 8.42 Å². The van der Waals surface area contributed by atoms with Gasteiger partial charge in [-0.05, 0) is 0 Å². The van der Waals surface area contributed by atoms with Crippen LogP contribution in [-0.2, 0) is 14.9 Å². The Morgan fingerprint density at radius 3 is 1.93 bits per heavy atom. The molecule has 15 heavy (non-hydrogen) atoms. The normalized spacial score (nSPS) is 11.4. The van der Waals surface area contributed by atoms with E-state index in [0.717, 1.165) is 0 Å². The molecule has 1 aromatic rings. The van der Waals surface area contributed by atoms with Gasteiger partial charge in [-0.15, -0.1) is 0 Å². The lowest BCUT2D eigenvalue weighted by Gasteiger charge is -2.14. The number of hydrogen-bond donors (Lipinski definition) is 1. The van der Waals surface area contributed by atoms with Crippen LogP contribution < -0.4 is 0 Å². The molecule has 1 rings (SSSR count). The minimum atomic E-state index is -4.80. The van der Waals surface area contributed by atoms with Crippen LogP contribution in [-0.4, -0.2) is 13.0 Å². The van der Waals surface area contributed by atoms with Crippen LogP contribution in [0.3, 0.4) is 0 Å². The molecule has 0 amide bonds. The first-order chi connectivity index (χ1) is 6.98. The van der Waals surface area contributed by atoms with Gasteiger partial charge in [0.25, 0.3) is 4.75 Å². The van der Waals surface area contributed by atoms with Crippen molar-refractivity contribution in [1.29, 1.82) is 10.5 Å². The molecular weight excluding hydrogens is 216 g/mol. The zero-order chi connectivity index (χ0) is 11.5. The molecule has 0 radical (unpaired) electrons. The van der Waals surface area contributed by atoms with Gasteiger partial charge in [-0.3, -0.25) is 4.55 Å². The van der Waals surface area contributed by atoms with Crippen LogP contribution in [0.1, 0.15) is 5.56 Å². The van der Waals surface area contributed by atoms with Crippen molar-refractivity contribution in [3.63, 3.8) is 0 Å². The topological polar surface area (TPSA) is 102 Å². The van der Waals surface area contributed by atoms with Crippen LogP contribution in [0.5, 0.6) is 0 Å². The van der Waals surface area contributed by atoms with E-state index in [1.807, 2.05) is 0 Å². The average Bonchev–Trinajstić information content (AvgIpc) is 2.20. The molecule has 0 heterocycles. The zero-order valence-electron chi connectivity index (χ0n) is 7.45. The Morgan fingerprint density at radius 2 is 1.60 bits per heavy atom. The molecule has 0 fully saturated rings. The summed E-state index contributed by atoms with van der Waals surface area (Å²) in [6, 6.07) is 9.79. The molecule has 0 aromatic heterocycles. The number of benzene rings is 1. The van der Waals surface area contributed by atoms with Crippen molar-refractivity contribution < 1.29 is 13.0 Å². The van der Waals surface area contributed by atoms with E-state index in [2.05, 4.69) is 0 Å². The van der Waals surface area contributed by atoms with Crippen molar-refractivity contribution >= 4 is 10.1 Å². The fourth-order valence-electron chi connectivity index (χ4n) is 1.09. The van der Waals surface area contributed by atoms with Crippen molar-refractivity contribution in [1.82, 2.24) is 0 Å². The third-order valence-electron chi connectivity index (χ3n) is 1.88. The fourth-order valence-corrected chi connectivity index (χ4v) is 1.76. The second-order valence-electron chi connectivity index (χ2n) is 2.75. The Balaban J connectivity index is 3.56. The second kappa shape index (κ2) is 3.70. The van der Waals surface area contributed by atoms with E-state index in [0.29, 0.717) is 0 Å². The van der Waals surface area contributed by atoms with Gasteiger partial charge in [-0.2, -0.15) is 18.9 Å². The summed E-state index contributed by atoms with van der Waals surface area (Å²) in [5.74, 6) is 0. The lowest BCUT2D eigenvalue weighted by Crippen LogP contribution is -2.32. The number of nitrogens with zero attached hydrogens (tertiary/aromatic N) is 2. The fraction of sp³-hybridized carbons (Fsp3) is 0.111. The Kier molecular flexibility index (Phi) is 2.76. The molecule has 0 bridgehead atoms. The quantitative estimate of drug-likeness (QED) is 0.746. The van der Waals surface area contributed by atoms with Gasteiger partial charge < -0.3 is 0 Å². The Morgan fingerprint density at radius 1 is 1.13 bits per heavy atom. The molecule has 0 aliphatic heterocycles. The third-order valence-corrected chi connectivity index (χ3v) is 3.07. The molecule has 1 aromatic carbocycles. The van der Waals surface area contributed by atoms with Gasteiger partial charge in [0, 0.05) is 5.56 Å². The summed E-state index contributed by atoms with van der Waals surface area (Å²) in [5, 5.41) is 17.5. The van der Waals surface area contributed by atoms with Gasteiger partial charge in [0.15, 0.2) is 0 Å². The molecule has 0 saturated heterocycles. The molecule has 0 spiro atoms. The minimum Gasteiger partial charge on any atom is -0.283 e. The van der Waals surface area contributed by atoms with Crippen LogP contribution in [0, 0.1) is 22.7 Å². The molecule has 0 atom stereocenters. The molecule has 6 heteroatoms. The molecule has 5 nitrogen and oxygen atoms in total. The van der Waals surface area contributed by atoms with Gasteiger partial charge in [-0.1, -0.05) is 30.3 Å². The Bertz CT molecular complexity index is 523. The highest BCUT2D eigenvalue weighted by atomic mass is 32.2. The predicted octanol–water partition coefficient (Wildman–Crippen LogP) is 0.817. The van der Waals surface area contributed by atoms with E-state index >= 15 is 0 Å². The smallest absolute Gasteiger partial charge is 0.283 e. The second-order valence-corrected chi connectivity index (χ2v) is 4.31. The lowest BCUT2D eigenvalue weighted by molar-refractivity contribution is 0.467. The maximum Gasteiger partial charge on any atom is 0.302 e. The van der Waals surface area contributed by atoms with Gasteiger partial charge in [0.05, 0.1) is 0 Å². The van der Waals surface area contributed by atoms with Crippen molar-refractivity contribution in [2.24, 2.45) is 0 Å². The minimum absolute atomic E-state index is 0.0718. The average molecular weight is 222 g/mol. The van der Waals surface area contributed by atoms with E-state index in [4.69, 9.17) is 15.1 Å². The maximum atomic E-state index is 11.0. The van der Waals surface area contributed by atoms with E-state index < -0.39 is 14.9 Å². The molecule has 0 aliphatic carbocycles. The van der Waals surface area contributed by atoms with Gasteiger partial charge in [0.1, 0.15) is 12.1 Å². The van der Waals surface area contributed by atoms with Gasteiger partial charge in [0.2, 0.25) is 0 Å². The Hall–Kier alpha value is -1.89. The highest BCUT2D eigenvalue weighted by Crippen LogP contribution is 2.28. The highest BCUT2D eigenvalue weighted by molar-refractivity contribution is 7.87. The number of rotatable bonds is 2. The third kappa shape index (κ3) is 1.68. The monoisotopic (exact) mass is 222 g/mol. The van der Waals surface area contributed by atoms with Crippen LogP contribution in [0.2, 0.25) is 0 Å². The standard InChI is InChI=1S/C9H6N2O3S/c10-6-9(7-11,15(12,13)14)8-4-2-1-3-5-8/h1-5H,(H,12,13,14). The molecule has 1 N–H and O–H groups in total. The van der Waals surface area contributed by atoms with Crippen LogP contribution in [0.15, 0.2) is 30.3 Å². The number of hydrogen-bond acceptors (Lipinski definition) is 4. The Labute approximate surface area is 86.9 Å². The van der Waals surface area contributed by atoms with Crippen LogP contribution >= 0.6 is 0 Å². The van der Waals surface area contributed by atoms with E-state index in [1.165, 1.54) is 36.4 Å². The summed E-state index contributed by atoms with van der Waals surface area (Å²) in [4.78, 5) is 0. The zero-order valence-corrected chi connectivity index (χ0v) is 8.27. The van der Waals surface area contributed by atoms with Gasteiger partial charge in [-0.25, -0.2) is 0 Å². The van der Waals surface area contributed by atoms with Crippen molar-refractivity contribution in [2.75, 3.05) is 0 Å². The molecular formula is C9H6N2O3S. The number of nitriles is 2. The van der Waals surface area contributed by atoms with Crippen LogP contribution in [0.25, 0.3) is 0 Å². The first kappa shape index (κ1) is 11.2. The predicted molar refractivity (Wildman–Crippen MR) is 50.9 cm³/mol. The largest absolute Gasteiger partial charge is 0.302 e. The van der Waals surface area contributed by atoms with E-state index in [-0.39, 0.29) is 5.56 Å². The summed E-state index contributed by atoms with van der Waals surface area (Å²) >= 11 is 0. The first-order valence-corrected chi connectivity index (χ1v) is 5.27. The summed E-state index contributed by atoms with van der Waals surface area (Å²) < 4.78 is 28.4. The van der Waals surface area contributed by atoms with Crippen molar-refractivity contribution in [3.05, 3.63) is 35.9 Å². The lowest BCUT2D eigenvalue weighted by atomic mass is 10.0. The summed E-state index contributed by atoms with van der Waals surface area (Å²) in [7, 11) is -4.80. The summed E-state index contributed by atoms with van der Waals surface area (Å²) in [5.41, 5.74) is -0.0718. The SMILES string of the molecule is N#CC(C#N)(c1ccccc1)S(=O)(=O)O. The first-order valence-electron chi connectivity index (χ1n) is 3.83. The maximum absolute atomic E-state index is 11.0. The molecule has 0 saturated carbocycles. The molecule has 76 valence electrons. The van der Waals surface area contributed by atoms with E-state index in [1.54, 1.807) is 6.07 Å². The molecule has 0 aliphatic rings. The summed E-state index contributed by atoms with van der Waals surface area (Å²) in [6.07, 6.45) is 0. The van der Waals surface area contributed by atoms with Crippen LogP contribution in [0.4, 0.5) is 0 Å². The molecule has 0 unspecified atom stereocenters. The van der Waals surface area contributed by atoms with Crippen molar-refractivity contribution in [3.8, 4) is 12.1 Å². The summed E-state index contributed by atoms with van der Waals surface area (Å²) in [6.45, 7) is 0. The van der Waals surface area contributed by atoms with Crippen molar-refractivity contribution in [2.45, 2.75) is 4.75 Å².